The van der Waals surface area contributed by atoms with Crippen LogP contribution >= 0.6 is 11.6 Å². The molecule has 0 saturated heterocycles. The molecule has 2 aliphatic rings. The number of hydrogen-bond donors (Lipinski definition) is 1. The first-order valence-electron chi connectivity index (χ1n) is 12.5. The summed E-state index contributed by atoms with van der Waals surface area (Å²) in [5.74, 6) is -0.103. The third kappa shape index (κ3) is 6.37. The molecule has 1 atom stereocenters. The Morgan fingerprint density at radius 3 is 2.20 bits per heavy atom. The zero-order valence-electron chi connectivity index (χ0n) is 21.1. The average molecular weight is 588 g/mol. The first-order valence-corrected chi connectivity index (χ1v) is 14.4. The molecule has 208 valence electrons. The van der Waals surface area contributed by atoms with Crippen molar-refractivity contribution >= 4 is 39.1 Å². The van der Waals surface area contributed by atoms with Crippen molar-refractivity contribution in [2.75, 3.05) is 6.54 Å². The van der Waals surface area contributed by atoms with Crippen molar-refractivity contribution in [2.24, 2.45) is 26.1 Å². The summed E-state index contributed by atoms with van der Waals surface area (Å²) in [6, 6.07) is 20.1. The van der Waals surface area contributed by atoms with E-state index in [0.29, 0.717) is 29.3 Å². The number of nitrogens with zero attached hydrogens (tertiary/aromatic N) is 4. The van der Waals surface area contributed by atoms with Gasteiger partial charge in [-0.2, -0.15) is 31.7 Å². The van der Waals surface area contributed by atoms with Gasteiger partial charge in [0.05, 0.1) is 16.2 Å². The number of halogens is 4. The fraction of sp³-hybridized carbons (Fsp3) is 0.250. The van der Waals surface area contributed by atoms with Crippen molar-refractivity contribution in [1.82, 2.24) is 5.01 Å². The number of sulfonamides is 1. The summed E-state index contributed by atoms with van der Waals surface area (Å²) < 4.78 is 69.4. The number of nitrogens with two attached hydrogens (primary N) is 1. The number of aliphatic imine (C=N–C) groups is 1. The van der Waals surface area contributed by atoms with E-state index in [1.54, 1.807) is 12.1 Å². The molecular weight excluding hydrogens is 563 g/mol. The minimum Gasteiger partial charge on any atom is -0.387 e. The zero-order chi connectivity index (χ0) is 28.5. The van der Waals surface area contributed by atoms with Crippen LogP contribution in [0.1, 0.15) is 41.9 Å². The Hall–Kier alpha value is -3.70. The molecule has 0 aromatic heterocycles. The standard InChI is InChI=1S/C28H25ClF3N5O2S/c29-22-12-8-19(9-13-22)25-24(18-4-2-1-3-5-18)16-17-37(35-25)27(34-26(33)20-6-7-20)36-40(38,39)23-14-10-21(11-15-23)28(30,31)32/h1-5,8-15,20,24H,6-7,16-17H2,(H2,33,34,36). The summed E-state index contributed by atoms with van der Waals surface area (Å²) in [6.45, 7) is 0.277. The number of guanidine groups is 1. The van der Waals surface area contributed by atoms with Crippen molar-refractivity contribution in [3.63, 3.8) is 0 Å². The lowest BCUT2D eigenvalue weighted by Gasteiger charge is -2.30. The molecule has 0 radical (unpaired) electrons. The highest BCUT2D eigenvalue weighted by atomic mass is 35.5. The van der Waals surface area contributed by atoms with Crippen LogP contribution in [0.15, 0.2) is 98.2 Å². The summed E-state index contributed by atoms with van der Waals surface area (Å²) in [5.41, 5.74) is 7.67. The van der Waals surface area contributed by atoms with Gasteiger partial charge >= 0.3 is 6.18 Å². The lowest BCUT2D eigenvalue weighted by molar-refractivity contribution is -0.137. The second-order valence-corrected chi connectivity index (χ2v) is 11.6. The van der Waals surface area contributed by atoms with Crippen LogP contribution in [-0.4, -0.2) is 37.5 Å². The van der Waals surface area contributed by atoms with Gasteiger partial charge in [0.15, 0.2) is 0 Å². The predicted molar refractivity (Wildman–Crippen MR) is 149 cm³/mol. The maximum Gasteiger partial charge on any atom is 0.416 e. The first kappa shape index (κ1) is 27.9. The highest BCUT2D eigenvalue weighted by Gasteiger charge is 2.33. The lowest BCUT2D eigenvalue weighted by atomic mass is 9.86. The number of hydrogen-bond acceptors (Lipinski definition) is 3. The van der Waals surface area contributed by atoms with Crippen LogP contribution in [-0.2, 0) is 16.2 Å². The molecule has 1 heterocycles. The van der Waals surface area contributed by atoms with E-state index in [1.165, 1.54) is 5.01 Å². The summed E-state index contributed by atoms with van der Waals surface area (Å²) in [7, 11) is -4.45. The lowest BCUT2D eigenvalue weighted by Crippen LogP contribution is -2.36. The molecular formula is C28H25ClF3N5O2S. The van der Waals surface area contributed by atoms with Gasteiger partial charge in [0.2, 0.25) is 0 Å². The van der Waals surface area contributed by atoms with Crippen LogP contribution in [0.2, 0.25) is 5.02 Å². The molecule has 7 nitrogen and oxygen atoms in total. The van der Waals surface area contributed by atoms with Gasteiger partial charge in [-0.15, -0.1) is 4.40 Å². The Balaban J connectivity index is 1.58. The van der Waals surface area contributed by atoms with Gasteiger partial charge in [-0.1, -0.05) is 54.1 Å². The molecule has 1 saturated carbocycles. The van der Waals surface area contributed by atoms with Crippen molar-refractivity contribution < 1.29 is 21.6 Å². The first-order chi connectivity index (χ1) is 19.0. The van der Waals surface area contributed by atoms with E-state index in [0.717, 1.165) is 36.1 Å². The van der Waals surface area contributed by atoms with Crippen LogP contribution in [0.25, 0.3) is 0 Å². The van der Waals surface area contributed by atoms with Gasteiger partial charge in [-0.05, 0) is 66.8 Å². The summed E-state index contributed by atoms with van der Waals surface area (Å²) in [5, 5.41) is 6.74. The molecule has 0 spiro atoms. The SMILES string of the molecule is N/C(=N\C(=N\S(=O)(=O)c1ccc(C(F)(F)F)cc1)N1CCC(c2ccccc2)C(c2ccc(Cl)cc2)=N1)C1CC1. The highest BCUT2D eigenvalue weighted by molar-refractivity contribution is 7.90. The Morgan fingerprint density at radius 2 is 1.60 bits per heavy atom. The van der Waals surface area contributed by atoms with Gasteiger partial charge in [-0.3, -0.25) is 0 Å². The third-order valence-corrected chi connectivity index (χ3v) is 8.19. The van der Waals surface area contributed by atoms with Crippen LogP contribution in [0.5, 0.6) is 0 Å². The topological polar surface area (TPSA) is 100 Å². The molecule has 1 aliphatic heterocycles. The predicted octanol–water partition coefficient (Wildman–Crippen LogP) is 6.06. The van der Waals surface area contributed by atoms with E-state index in [1.807, 2.05) is 42.5 Å². The van der Waals surface area contributed by atoms with Crippen molar-refractivity contribution in [1.29, 1.82) is 0 Å². The molecule has 12 heteroatoms. The number of hydrazone groups is 1. The van der Waals surface area contributed by atoms with Gasteiger partial charge in [-0.25, -0.2) is 5.01 Å². The molecule has 40 heavy (non-hydrogen) atoms. The summed E-state index contributed by atoms with van der Waals surface area (Å²) in [4.78, 5) is 3.95. The quantitative estimate of drug-likeness (QED) is 0.289. The van der Waals surface area contributed by atoms with E-state index >= 15 is 0 Å². The van der Waals surface area contributed by atoms with E-state index < -0.39 is 26.7 Å². The van der Waals surface area contributed by atoms with Crippen LogP contribution in [0, 0.1) is 5.92 Å². The number of amidine groups is 1. The maximum atomic E-state index is 13.2. The minimum atomic E-state index is -4.60. The van der Waals surface area contributed by atoms with Gasteiger partial charge in [0.25, 0.3) is 16.0 Å². The van der Waals surface area contributed by atoms with E-state index in [9.17, 15) is 21.6 Å². The van der Waals surface area contributed by atoms with Crippen molar-refractivity contribution in [3.05, 3.63) is 101 Å². The largest absolute Gasteiger partial charge is 0.416 e. The third-order valence-electron chi connectivity index (χ3n) is 6.67. The molecule has 2 N–H and O–H groups in total. The molecule has 5 rings (SSSR count). The number of benzene rings is 3. The second-order valence-electron chi connectivity index (χ2n) is 9.57. The molecule has 1 aliphatic carbocycles. The molecule has 3 aromatic carbocycles. The van der Waals surface area contributed by atoms with E-state index in [-0.39, 0.29) is 30.2 Å². The van der Waals surface area contributed by atoms with Crippen molar-refractivity contribution in [2.45, 2.75) is 36.3 Å². The van der Waals surface area contributed by atoms with Gasteiger partial charge in [0.1, 0.15) is 5.84 Å². The molecule has 0 bridgehead atoms. The molecule has 1 unspecified atom stereocenters. The van der Waals surface area contributed by atoms with Crippen molar-refractivity contribution in [3.8, 4) is 0 Å². The zero-order valence-corrected chi connectivity index (χ0v) is 22.7. The average Bonchev–Trinajstić information content (AvgIpc) is 3.79. The second kappa shape index (κ2) is 11.1. The molecule has 0 amide bonds. The Kier molecular flexibility index (Phi) is 7.70. The Labute approximate surface area is 234 Å². The van der Waals surface area contributed by atoms with Gasteiger partial charge in [0, 0.05) is 23.4 Å². The summed E-state index contributed by atoms with van der Waals surface area (Å²) in [6.07, 6.45) is -2.40. The smallest absolute Gasteiger partial charge is 0.387 e. The summed E-state index contributed by atoms with van der Waals surface area (Å²) >= 11 is 6.11. The van der Waals surface area contributed by atoms with Crippen LogP contribution < -0.4 is 5.73 Å². The maximum absolute atomic E-state index is 13.2. The Morgan fingerprint density at radius 1 is 0.950 bits per heavy atom. The van der Waals surface area contributed by atoms with E-state index in [4.69, 9.17) is 22.4 Å². The fourth-order valence-corrected chi connectivity index (χ4v) is 5.42. The van der Waals surface area contributed by atoms with Crippen LogP contribution in [0.4, 0.5) is 13.2 Å². The number of rotatable bonds is 5. The van der Waals surface area contributed by atoms with Gasteiger partial charge < -0.3 is 5.73 Å². The minimum absolute atomic E-state index is 0.0144. The monoisotopic (exact) mass is 587 g/mol. The molecule has 3 aromatic rings. The normalized spacial score (nSPS) is 18.9. The number of alkyl halides is 3. The van der Waals surface area contributed by atoms with E-state index in [2.05, 4.69) is 9.39 Å². The Bertz CT molecular complexity index is 1570. The molecule has 1 fully saturated rings. The van der Waals surface area contributed by atoms with Crippen LogP contribution in [0.3, 0.4) is 0 Å². The fourth-order valence-electron chi connectivity index (χ4n) is 4.36. The highest BCUT2D eigenvalue weighted by Crippen LogP contribution is 2.33.